The van der Waals surface area contributed by atoms with E-state index in [1.54, 1.807) is 0 Å². The highest BCUT2D eigenvalue weighted by atomic mass is 16.1. The summed E-state index contributed by atoms with van der Waals surface area (Å²) in [6.07, 6.45) is 7.55. The minimum Gasteiger partial charge on any atom is -0.369 e. The van der Waals surface area contributed by atoms with E-state index in [0.29, 0.717) is 23.4 Å². The van der Waals surface area contributed by atoms with E-state index >= 15 is 0 Å². The molecule has 2 saturated carbocycles. The van der Waals surface area contributed by atoms with Crippen LogP contribution in [0.5, 0.6) is 0 Å². The summed E-state index contributed by atoms with van der Waals surface area (Å²) in [5.74, 6) is 1.09. The summed E-state index contributed by atoms with van der Waals surface area (Å²) in [5.41, 5.74) is 6.60. The SMILES string of the molecule is CCN(c1cc(C2CC2CN2CCN(C)CC2)cc(C(=O)NCc2c(C)cc(C)[nH]c2=O)c1C)C1CCCCC1. The second-order valence-corrected chi connectivity index (χ2v) is 12.6. The van der Waals surface area contributed by atoms with Gasteiger partial charge in [0.15, 0.2) is 0 Å². The molecule has 7 heteroatoms. The summed E-state index contributed by atoms with van der Waals surface area (Å²) in [4.78, 5) is 36.8. The van der Waals surface area contributed by atoms with Gasteiger partial charge in [-0.1, -0.05) is 19.3 Å². The van der Waals surface area contributed by atoms with Crippen LogP contribution in [-0.4, -0.2) is 73.0 Å². The van der Waals surface area contributed by atoms with Gasteiger partial charge >= 0.3 is 0 Å². The first kappa shape index (κ1) is 28.9. The molecule has 1 aliphatic heterocycles. The van der Waals surface area contributed by atoms with Gasteiger partial charge in [0.05, 0.1) is 0 Å². The second kappa shape index (κ2) is 12.5. The fraction of sp³-hybridized carbons (Fsp3) is 0.636. The standard InChI is InChI=1S/C33H49N5O2/c1-6-38(27-10-8-7-9-11-27)31-19-25(29-18-26(29)21-37-14-12-36(5)13-15-37)17-28(24(31)4)32(39)34-20-30-22(2)16-23(3)35-33(30)40/h16-17,19,26-27,29H,6-15,18,20-21H2,1-5H3,(H,34,39)(H,35,40). The third kappa shape index (κ3) is 6.46. The molecule has 2 aromatic rings. The molecule has 3 aliphatic rings. The van der Waals surface area contributed by atoms with Gasteiger partial charge in [0.25, 0.3) is 11.5 Å². The number of nitrogens with zero attached hydrogens (tertiary/aromatic N) is 3. The number of rotatable bonds is 9. The number of nitrogens with one attached hydrogen (secondary N) is 2. The Kier molecular flexibility index (Phi) is 9.01. The van der Waals surface area contributed by atoms with Crippen molar-refractivity contribution in [1.82, 2.24) is 20.1 Å². The van der Waals surface area contributed by atoms with Crippen molar-refractivity contribution in [2.75, 3.05) is 51.2 Å². The maximum absolute atomic E-state index is 13.7. The van der Waals surface area contributed by atoms with Crippen molar-refractivity contribution in [3.05, 3.63) is 62.1 Å². The molecule has 7 nitrogen and oxygen atoms in total. The molecule has 218 valence electrons. The van der Waals surface area contributed by atoms with Gasteiger partial charge in [0.2, 0.25) is 0 Å². The highest BCUT2D eigenvalue weighted by Gasteiger charge is 2.40. The molecule has 1 aromatic carbocycles. The summed E-state index contributed by atoms with van der Waals surface area (Å²) in [5, 5.41) is 3.10. The number of aromatic nitrogens is 1. The van der Waals surface area contributed by atoms with Crippen LogP contribution in [0.15, 0.2) is 23.0 Å². The molecule has 2 aliphatic carbocycles. The molecule has 5 rings (SSSR count). The second-order valence-electron chi connectivity index (χ2n) is 12.6. The van der Waals surface area contributed by atoms with Crippen LogP contribution in [0.4, 0.5) is 5.69 Å². The number of hydrogen-bond acceptors (Lipinski definition) is 5. The monoisotopic (exact) mass is 547 g/mol. The van der Waals surface area contributed by atoms with E-state index in [0.717, 1.165) is 61.7 Å². The predicted octanol–water partition coefficient (Wildman–Crippen LogP) is 4.74. The van der Waals surface area contributed by atoms with Crippen molar-refractivity contribution in [1.29, 1.82) is 0 Å². The zero-order chi connectivity index (χ0) is 28.4. The lowest BCUT2D eigenvalue weighted by molar-refractivity contribution is 0.0950. The summed E-state index contributed by atoms with van der Waals surface area (Å²) in [7, 11) is 2.21. The first-order chi connectivity index (χ1) is 19.2. The smallest absolute Gasteiger partial charge is 0.253 e. The largest absolute Gasteiger partial charge is 0.369 e. The zero-order valence-electron chi connectivity index (χ0n) is 25.3. The zero-order valence-corrected chi connectivity index (χ0v) is 25.3. The number of pyridine rings is 1. The number of piperazine rings is 1. The summed E-state index contributed by atoms with van der Waals surface area (Å²) in [6, 6.07) is 7.07. The van der Waals surface area contributed by atoms with E-state index in [2.05, 4.69) is 58.0 Å². The van der Waals surface area contributed by atoms with E-state index in [9.17, 15) is 9.59 Å². The molecule has 0 radical (unpaired) electrons. The Morgan fingerprint density at radius 2 is 1.77 bits per heavy atom. The minimum atomic E-state index is -0.122. The van der Waals surface area contributed by atoms with Crippen molar-refractivity contribution in [2.24, 2.45) is 5.92 Å². The van der Waals surface area contributed by atoms with E-state index in [1.165, 1.54) is 49.8 Å². The first-order valence-electron chi connectivity index (χ1n) is 15.5. The molecule has 1 saturated heterocycles. The Hall–Kier alpha value is -2.64. The maximum Gasteiger partial charge on any atom is 0.253 e. The molecular formula is C33H49N5O2. The van der Waals surface area contributed by atoms with Crippen LogP contribution in [-0.2, 0) is 6.54 Å². The third-order valence-electron chi connectivity index (χ3n) is 9.67. The quantitative estimate of drug-likeness (QED) is 0.475. The Balaban J connectivity index is 1.40. The lowest BCUT2D eigenvalue weighted by Gasteiger charge is -2.37. The number of likely N-dealkylation sites (N-methyl/N-ethyl adjacent to an activating group) is 1. The number of amides is 1. The summed E-state index contributed by atoms with van der Waals surface area (Å²) >= 11 is 0. The Morgan fingerprint density at radius 3 is 2.45 bits per heavy atom. The molecule has 1 amide bonds. The van der Waals surface area contributed by atoms with E-state index in [-0.39, 0.29) is 18.0 Å². The van der Waals surface area contributed by atoms with Crippen molar-refractivity contribution >= 4 is 11.6 Å². The molecule has 1 aromatic heterocycles. The van der Waals surface area contributed by atoms with Crippen molar-refractivity contribution < 1.29 is 4.79 Å². The van der Waals surface area contributed by atoms with Gasteiger partial charge in [-0.2, -0.15) is 0 Å². The number of anilines is 1. The predicted molar refractivity (Wildman–Crippen MR) is 164 cm³/mol. The van der Waals surface area contributed by atoms with Crippen molar-refractivity contribution in [3.8, 4) is 0 Å². The maximum atomic E-state index is 13.7. The molecule has 3 fully saturated rings. The van der Waals surface area contributed by atoms with Crippen LogP contribution in [0.1, 0.15) is 89.7 Å². The molecular weight excluding hydrogens is 498 g/mol. The Bertz CT molecular complexity index is 1260. The lowest BCUT2D eigenvalue weighted by atomic mass is 9.91. The third-order valence-corrected chi connectivity index (χ3v) is 9.67. The van der Waals surface area contributed by atoms with Gasteiger partial charge < -0.3 is 25.0 Å². The Morgan fingerprint density at radius 1 is 1.05 bits per heavy atom. The molecule has 0 spiro atoms. The normalized spacial score (nSPS) is 22.3. The average molecular weight is 548 g/mol. The highest BCUT2D eigenvalue weighted by Crippen LogP contribution is 2.49. The first-order valence-corrected chi connectivity index (χ1v) is 15.5. The van der Waals surface area contributed by atoms with Gasteiger partial charge in [0.1, 0.15) is 0 Å². The Labute approximate surface area is 240 Å². The fourth-order valence-corrected chi connectivity index (χ4v) is 7.07. The molecule has 2 N–H and O–H groups in total. The van der Waals surface area contributed by atoms with E-state index < -0.39 is 0 Å². The molecule has 2 atom stereocenters. The lowest BCUT2D eigenvalue weighted by Crippen LogP contribution is -2.45. The van der Waals surface area contributed by atoms with E-state index in [1.807, 2.05) is 19.9 Å². The van der Waals surface area contributed by atoms with Crippen LogP contribution in [0.3, 0.4) is 0 Å². The van der Waals surface area contributed by atoms with Crippen molar-refractivity contribution in [2.45, 2.75) is 84.7 Å². The van der Waals surface area contributed by atoms with Gasteiger partial charge in [-0.15, -0.1) is 0 Å². The summed E-state index contributed by atoms with van der Waals surface area (Å²) < 4.78 is 0. The van der Waals surface area contributed by atoms with Crippen LogP contribution in [0.25, 0.3) is 0 Å². The fourth-order valence-electron chi connectivity index (χ4n) is 7.07. The van der Waals surface area contributed by atoms with Crippen LogP contribution in [0.2, 0.25) is 0 Å². The molecule has 2 heterocycles. The van der Waals surface area contributed by atoms with Gasteiger partial charge in [-0.05, 0) is 101 Å². The van der Waals surface area contributed by atoms with Crippen LogP contribution < -0.4 is 15.8 Å². The number of carbonyl (C=O) groups is 1. The highest BCUT2D eigenvalue weighted by molar-refractivity contribution is 5.97. The number of aryl methyl sites for hydroxylation is 2. The molecule has 40 heavy (non-hydrogen) atoms. The molecule has 0 bridgehead atoms. The van der Waals surface area contributed by atoms with Crippen LogP contribution >= 0.6 is 0 Å². The number of benzene rings is 1. The van der Waals surface area contributed by atoms with Gasteiger partial charge in [-0.25, -0.2) is 0 Å². The molecule has 2 unspecified atom stereocenters. The van der Waals surface area contributed by atoms with Crippen LogP contribution in [0, 0.1) is 26.7 Å². The van der Waals surface area contributed by atoms with Crippen molar-refractivity contribution in [3.63, 3.8) is 0 Å². The topological polar surface area (TPSA) is 71.7 Å². The number of carbonyl (C=O) groups excluding carboxylic acids is 1. The summed E-state index contributed by atoms with van der Waals surface area (Å²) in [6.45, 7) is 15.1. The number of hydrogen-bond donors (Lipinski definition) is 2. The van der Waals surface area contributed by atoms with Gasteiger partial charge in [-0.3, -0.25) is 9.59 Å². The van der Waals surface area contributed by atoms with E-state index in [4.69, 9.17) is 0 Å². The minimum absolute atomic E-state index is 0.0871. The number of H-pyrrole nitrogens is 1. The van der Waals surface area contributed by atoms with Gasteiger partial charge in [0, 0.05) is 74.4 Å². The number of aromatic amines is 1. The average Bonchev–Trinajstić information content (AvgIpc) is 3.70.